The molecule has 0 aliphatic heterocycles. The summed E-state index contributed by atoms with van der Waals surface area (Å²) in [6.07, 6.45) is 0. The second kappa shape index (κ2) is 5.82. The van der Waals surface area contributed by atoms with Gasteiger partial charge in [0.2, 0.25) is 5.91 Å². The van der Waals surface area contributed by atoms with E-state index in [9.17, 15) is 9.59 Å². The zero-order valence-corrected chi connectivity index (χ0v) is 11.2. The second-order valence-electron chi connectivity index (χ2n) is 3.99. The minimum atomic E-state index is -1.06. The molecule has 1 aromatic rings. The van der Waals surface area contributed by atoms with E-state index in [0.29, 0.717) is 5.69 Å². The van der Waals surface area contributed by atoms with Gasteiger partial charge in [-0.05, 0) is 18.1 Å². The summed E-state index contributed by atoms with van der Waals surface area (Å²) in [5.41, 5.74) is 0.402. The fourth-order valence-electron chi connectivity index (χ4n) is 1.28. The Hall–Kier alpha value is -1.36. The fraction of sp³-hybridized carbons (Fsp3) is 0.333. The number of carbonyl (C=O) groups is 2. The first-order valence-electron chi connectivity index (χ1n) is 5.20. The van der Waals surface area contributed by atoms with Gasteiger partial charge in [-0.1, -0.05) is 41.9 Å². The van der Waals surface area contributed by atoms with Gasteiger partial charge < -0.3 is 10.4 Å². The molecule has 4 nitrogen and oxygen atoms in total. The summed E-state index contributed by atoms with van der Waals surface area (Å²) in [6.45, 7) is 3.81. The predicted molar refractivity (Wildman–Crippen MR) is 69.6 cm³/mol. The minimum absolute atomic E-state index is 0.0873. The summed E-state index contributed by atoms with van der Waals surface area (Å²) in [5, 5.41) is 11.6. The zero-order valence-electron chi connectivity index (χ0n) is 9.61. The number of halogens is 1. The van der Waals surface area contributed by atoms with Crippen LogP contribution in [0.15, 0.2) is 24.3 Å². The molecule has 0 heterocycles. The van der Waals surface area contributed by atoms with E-state index in [1.54, 1.807) is 18.2 Å². The number of carboxylic acids is 1. The third-order valence-corrected chi connectivity index (χ3v) is 3.72. The summed E-state index contributed by atoms with van der Waals surface area (Å²) in [4.78, 5) is 22.4. The van der Waals surface area contributed by atoms with E-state index in [-0.39, 0.29) is 22.2 Å². The van der Waals surface area contributed by atoms with Crippen molar-refractivity contribution in [3.05, 3.63) is 29.8 Å². The molecule has 17 heavy (non-hydrogen) atoms. The summed E-state index contributed by atoms with van der Waals surface area (Å²) in [6, 6.07) is 6.33. The van der Waals surface area contributed by atoms with E-state index < -0.39 is 5.97 Å². The number of carbonyl (C=O) groups excluding carboxylic acids is 1. The summed E-state index contributed by atoms with van der Waals surface area (Å²) in [5.74, 6) is -1.17. The Morgan fingerprint density at radius 3 is 2.41 bits per heavy atom. The van der Waals surface area contributed by atoms with Gasteiger partial charge in [-0.3, -0.25) is 4.79 Å². The van der Waals surface area contributed by atoms with Crippen LogP contribution in [0.3, 0.4) is 0 Å². The van der Waals surface area contributed by atoms with Crippen LogP contribution in [-0.4, -0.2) is 21.8 Å². The third kappa shape index (κ3) is 3.56. The smallest absolute Gasteiger partial charge is 0.337 e. The highest BCUT2D eigenvalue weighted by molar-refractivity contribution is 9.10. The van der Waals surface area contributed by atoms with Crippen molar-refractivity contribution in [1.29, 1.82) is 0 Å². The number of benzene rings is 1. The number of aromatic carboxylic acids is 1. The lowest BCUT2D eigenvalue weighted by Gasteiger charge is -2.14. The van der Waals surface area contributed by atoms with E-state index >= 15 is 0 Å². The van der Waals surface area contributed by atoms with Crippen LogP contribution in [0.2, 0.25) is 0 Å². The molecule has 5 heteroatoms. The van der Waals surface area contributed by atoms with Crippen molar-refractivity contribution in [2.24, 2.45) is 5.92 Å². The molecule has 0 aliphatic carbocycles. The van der Waals surface area contributed by atoms with Gasteiger partial charge in [0.1, 0.15) is 0 Å². The molecule has 1 amide bonds. The first-order valence-corrected chi connectivity index (χ1v) is 6.12. The molecule has 0 spiro atoms. The standard InChI is InChI=1S/C12H14BrNO3/c1-7(2)10(13)11(15)14-9-6-4-3-5-8(9)12(16)17/h3-7,10H,1-2H3,(H,14,15)(H,16,17). The van der Waals surface area contributed by atoms with Crippen LogP contribution in [0, 0.1) is 5.92 Å². The van der Waals surface area contributed by atoms with Crippen molar-refractivity contribution in [2.75, 3.05) is 5.32 Å². The van der Waals surface area contributed by atoms with Gasteiger partial charge in [0.25, 0.3) is 0 Å². The average molecular weight is 300 g/mol. The molecule has 0 saturated carbocycles. The number of para-hydroxylation sites is 1. The fourth-order valence-corrected chi connectivity index (χ4v) is 1.40. The number of hydrogen-bond acceptors (Lipinski definition) is 2. The number of alkyl halides is 1. The van der Waals surface area contributed by atoms with Gasteiger partial charge in [-0.25, -0.2) is 4.79 Å². The Bertz CT molecular complexity index is 432. The highest BCUT2D eigenvalue weighted by Crippen LogP contribution is 2.18. The van der Waals surface area contributed by atoms with Gasteiger partial charge in [-0.15, -0.1) is 0 Å². The van der Waals surface area contributed by atoms with Crippen molar-refractivity contribution < 1.29 is 14.7 Å². The molecule has 0 saturated heterocycles. The van der Waals surface area contributed by atoms with Crippen molar-refractivity contribution in [1.82, 2.24) is 0 Å². The molecule has 1 unspecified atom stereocenters. The Kier molecular flexibility index (Phi) is 4.69. The van der Waals surface area contributed by atoms with E-state index in [0.717, 1.165) is 0 Å². The molecule has 2 N–H and O–H groups in total. The number of hydrogen-bond donors (Lipinski definition) is 2. The molecule has 0 aliphatic rings. The van der Waals surface area contributed by atoms with Crippen molar-refractivity contribution in [2.45, 2.75) is 18.7 Å². The average Bonchev–Trinajstić information content (AvgIpc) is 2.28. The van der Waals surface area contributed by atoms with Gasteiger partial charge in [-0.2, -0.15) is 0 Å². The third-order valence-electron chi connectivity index (χ3n) is 2.25. The first kappa shape index (κ1) is 13.7. The van der Waals surface area contributed by atoms with Crippen LogP contribution in [0.25, 0.3) is 0 Å². The molecular weight excluding hydrogens is 286 g/mol. The predicted octanol–water partition coefficient (Wildman–Crippen LogP) is 2.74. The van der Waals surface area contributed by atoms with Crippen molar-refractivity contribution >= 4 is 33.5 Å². The van der Waals surface area contributed by atoms with Crippen molar-refractivity contribution in [3.63, 3.8) is 0 Å². The zero-order chi connectivity index (χ0) is 13.0. The van der Waals surface area contributed by atoms with E-state index in [2.05, 4.69) is 21.2 Å². The Morgan fingerprint density at radius 2 is 1.88 bits per heavy atom. The molecule has 92 valence electrons. The van der Waals surface area contributed by atoms with E-state index in [1.165, 1.54) is 6.07 Å². The van der Waals surface area contributed by atoms with Crippen LogP contribution in [0.5, 0.6) is 0 Å². The van der Waals surface area contributed by atoms with Crippen LogP contribution in [0.4, 0.5) is 5.69 Å². The van der Waals surface area contributed by atoms with Crippen LogP contribution in [0.1, 0.15) is 24.2 Å². The maximum absolute atomic E-state index is 11.8. The quantitative estimate of drug-likeness (QED) is 0.840. The Labute approximate surface area is 108 Å². The molecule has 0 radical (unpaired) electrons. The van der Waals surface area contributed by atoms with Gasteiger partial charge in [0.05, 0.1) is 16.1 Å². The SMILES string of the molecule is CC(C)C(Br)C(=O)Nc1ccccc1C(=O)O. The lowest BCUT2D eigenvalue weighted by atomic mass is 10.1. The maximum Gasteiger partial charge on any atom is 0.337 e. The largest absolute Gasteiger partial charge is 0.478 e. The number of amides is 1. The molecular formula is C12H14BrNO3. The van der Waals surface area contributed by atoms with Crippen molar-refractivity contribution in [3.8, 4) is 0 Å². The van der Waals surface area contributed by atoms with Gasteiger partial charge in [0.15, 0.2) is 0 Å². The maximum atomic E-state index is 11.8. The lowest BCUT2D eigenvalue weighted by Crippen LogP contribution is -2.27. The van der Waals surface area contributed by atoms with Gasteiger partial charge >= 0.3 is 5.97 Å². The molecule has 1 rings (SSSR count). The van der Waals surface area contributed by atoms with Crippen LogP contribution >= 0.6 is 15.9 Å². The topological polar surface area (TPSA) is 66.4 Å². The molecule has 1 atom stereocenters. The first-order chi connectivity index (χ1) is 7.93. The molecule has 1 aromatic carbocycles. The van der Waals surface area contributed by atoms with E-state index in [4.69, 9.17) is 5.11 Å². The number of rotatable bonds is 4. The highest BCUT2D eigenvalue weighted by atomic mass is 79.9. The molecule has 0 aromatic heterocycles. The van der Waals surface area contributed by atoms with Crippen LogP contribution in [-0.2, 0) is 4.79 Å². The minimum Gasteiger partial charge on any atom is -0.478 e. The highest BCUT2D eigenvalue weighted by Gasteiger charge is 2.20. The second-order valence-corrected chi connectivity index (χ2v) is 4.97. The summed E-state index contributed by atoms with van der Waals surface area (Å²) < 4.78 is 0. The number of anilines is 1. The summed E-state index contributed by atoms with van der Waals surface area (Å²) >= 11 is 3.27. The Morgan fingerprint density at radius 1 is 1.29 bits per heavy atom. The van der Waals surface area contributed by atoms with Crippen LogP contribution < -0.4 is 5.32 Å². The monoisotopic (exact) mass is 299 g/mol. The number of nitrogens with one attached hydrogen (secondary N) is 1. The molecule has 0 bridgehead atoms. The van der Waals surface area contributed by atoms with Gasteiger partial charge in [0, 0.05) is 0 Å². The normalized spacial score (nSPS) is 12.2. The number of carboxylic acid groups (broad SMARTS) is 1. The van der Waals surface area contributed by atoms with E-state index in [1.807, 2.05) is 13.8 Å². The lowest BCUT2D eigenvalue weighted by molar-refractivity contribution is -0.116. The summed E-state index contributed by atoms with van der Waals surface area (Å²) in [7, 11) is 0. The Balaban J connectivity index is 2.89. The molecule has 0 fully saturated rings.